The van der Waals surface area contributed by atoms with Crippen molar-refractivity contribution in [2.24, 2.45) is 0 Å². The number of carbonyl (C=O) groups excluding carboxylic acids is 1. The van der Waals surface area contributed by atoms with Gasteiger partial charge in [0.2, 0.25) is 5.91 Å². The third-order valence-corrected chi connectivity index (χ3v) is 2.76. The van der Waals surface area contributed by atoms with Gasteiger partial charge in [0.15, 0.2) is 0 Å². The quantitative estimate of drug-likeness (QED) is 0.803. The number of hydrogen-bond donors (Lipinski definition) is 2. The summed E-state index contributed by atoms with van der Waals surface area (Å²) in [6, 6.07) is 5.99. The van der Waals surface area contributed by atoms with Crippen LogP contribution < -0.4 is 5.32 Å². The minimum Gasteiger partial charge on any atom is -0.393 e. The number of aliphatic hydroxyl groups is 1. The molecule has 86 valence electrons. The standard InChI is InChI=1S/C12H14FNO2/c13-9-3-1-8(2-4-9)5-12(16)14-10-6-11(15)7-10/h1-4,10-11,15H,5-7H2,(H,14,16). The number of halogens is 1. The summed E-state index contributed by atoms with van der Waals surface area (Å²) in [6.45, 7) is 0. The Kier molecular flexibility index (Phi) is 3.19. The van der Waals surface area contributed by atoms with Gasteiger partial charge in [0, 0.05) is 6.04 Å². The van der Waals surface area contributed by atoms with Crippen LogP contribution in [0.4, 0.5) is 4.39 Å². The first-order chi connectivity index (χ1) is 7.63. The van der Waals surface area contributed by atoms with Gasteiger partial charge >= 0.3 is 0 Å². The number of aliphatic hydroxyl groups excluding tert-OH is 1. The van der Waals surface area contributed by atoms with Crippen LogP contribution in [0.25, 0.3) is 0 Å². The summed E-state index contributed by atoms with van der Waals surface area (Å²) in [5.74, 6) is -0.380. The first-order valence-electron chi connectivity index (χ1n) is 5.35. The van der Waals surface area contributed by atoms with Crippen molar-refractivity contribution in [3.05, 3.63) is 35.6 Å². The molecular formula is C12H14FNO2. The van der Waals surface area contributed by atoms with Gasteiger partial charge in [0.05, 0.1) is 12.5 Å². The molecule has 1 saturated carbocycles. The third-order valence-electron chi connectivity index (χ3n) is 2.76. The number of hydrogen-bond acceptors (Lipinski definition) is 2. The van der Waals surface area contributed by atoms with E-state index in [2.05, 4.69) is 5.32 Å². The zero-order valence-corrected chi connectivity index (χ0v) is 8.82. The number of nitrogens with one attached hydrogen (secondary N) is 1. The summed E-state index contributed by atoms with van der Waals surface area (Å²) < 4.78 is 12.6. The first-order valence-corrected chi connectivity index (χ1v) is 5.35. The molecule has 4 heteroatoms. The molecule has 0 radical (unpaired) electrons. The molecule has 1 aromatic rings. The van der Waals surface area contributed by atoms with Gasteiger partial charge in [-0.1, -0.05) is 12.1 Å². The molecule has 1 fully saturated rings. The van der Waals surface area contributed by atoms with E-state index >= 15 is 0 Å². The van der Waals surface area contributed by atoms with Crippen LogP contribution in [0.1, 0.15) is 18.4 Å². The van der Waals surface area contributed by atoms with E-state index in [1.807, 2.05) is 0 Å². The average molecular weight is 223 g/mol. The summed E-state index contributed by atoms with van der Waals surface area (Å²) in [5.41, 5.74) is 0.791. The third kappa shape index (κ3) is 2.79. The molecule has 1 aliphatic rings. The highest BCUT2D eigenvalue weighted by Gasteiger charge is 2.28. The maximum atomic E-state index is 12.6. The van der Waals surface area contributed by atoms with E-state index < -0.39 is 0 Å². The molecule has 0 aromatic heterocycles. The number of benzene rings is 1. The van der Waals surface area contributed by atoms with Crippen LogP contribution in [-0.2, 0) is 11.2 Å². The molecule has 0 unspecified atom stereocenters. The van der Waals surface area contributed by atoms with Crippen LogP contribution in [0.3, 0.4) is 0 Å². The van der Waals surface area contributed by atoms with E-state index in [9.17, 15) is 9.18 Å². The average Bonchev–Trinajstić information content (AvgIpc) is 2.19. The van der Waals surface area contributed by atoms with Gasteiger partial charge in [-0.3, -0.25) is 4.79 Å². The van der Waals surface area contributed by atoms with Gasteiger partial charge in [0.1, 0.15) is 5.82 Å². The number of amides is 1. The Morgan fingerprint density at radius 1 is 1.38 bits per heavy atom. The van der Waals surface area contributed by atoms with Crippen LogP contribution in [0.2, 0.25) is 0 Å². The Labute approximate surface area is 93.3 Å². The second kappa shape index (κ2) is 4.61. The monoisotopic (exact) mass is 223 g/mol. The van der Waals surface area contributed by atoms with Crippen molar-refractivity contribution in [2.45, 2.75) is 31.4 Å². The fourth-order valence-corrected chi connectivity index (χ4v) is 1.77. The molecule has 3 nitrogen and oxygen atoms in total. The van der Waals surface area contributed by atoms with Crippen molar-refractivity contribution in [2.75, 3.05) is 0 Å². The first kappa shape index (κ1) is 11.1. The molecule has 16 heavy (non-hydrogen) atoms. The Bertz CT molecular complexity index is 371. The van der Waals surface area contributed by atoms with E-state index in [1.54, 1.807) is 12.1 Å². The van der Waals surface area contributed by atoms with Crippen molar-refractivity contribution in [1.29, 1.82) is 0 Å². The van der Waals surface area contributed by atoms with Crippen molar-refractivity contribution in [3.63, 3.8) is 0 Å². The lowest BCUT2D eigenvalue weighted by atomic mass is 9.89. The van der Waals surface area contributed by atoms with Crippen LogP contribution in [0, 0.1) is 5.82 Å². The fraction of sp³-hybridized carbons (Fsp3) is 0.417. The van der Waals surface area contributed by atoms with E-state index in [-0.39, 0.29) is 30.3 Å². The topological polar surface area (TPSA) is 49.3 Å². The molecule has 2 rings (SSSR count). The molecule has 0 aliphatic heterocycles. The highest BCUT2D eigenvalue weighted by atomic mass is 19.1. The molecule has 0 spiro atoms. The lowest BCUT2D eigenvalue weighted by Gasteiger charge is -2.31. The molecule has 0 bridgehead atoms. The van der Waals surface area contributed by atoms with Crippen molar-refractivity contribution in [1.82, 2.24) is 5.32 Å². The van der Waals surface area contributed by atoms with Gasteiger partial charge in [-0.25, -0.2) is 4.39 Å². The predicted octanol–water partition coefficient (Wildman–Crippen LogP) is 1.01. The zero-order chi connectivity index (χ0) is 11.5. The summed E-state index contributed by atoms with van der Waals surface area (Å²) in [7, 11) is 0. The summed E-state index contributed by atoms with van der Waals surface area (Å²) in [4.78, 5) is 11.5. The Hall–Kier alpha value is -1.42. The van der Waals surface area contributed by atoms with Crippen LogP contribution in [0.15, 0.2) is 24.3 Å². The number of rotatable bonds is 3. The van der Waals surface area contributed by atoms with E-state index in [0.717, 1.165) is 5.56 Å². The van der Waals surface area contributed by atoms with E-state index in [1.165, 1.54) is 12.1 Å². The van der Waals surface area contributed by atoms with Gasteiger partial charge < -0.3 is 10.4 Å². The van der Waals surface area contributed by atoms with Gasteiger partial charge in [-0.05, 0) is 30.5 Å². The SMILES string of the molecule is O=C(Cc1ccc(F)cc1)NC1CC(O)C1. The maximum Gasteiger partial charge on any atom is 0.224 e. The molecule has 0 saturated heterocycles. The smallest absolute Gasteiger partial charge is 0.224 e. The van der Waals surface area contributed by atoms with Crippen molar-refractivity contribution < 1.29 is 14.3 Å². The zero-order valence-electron chi connectivity index (χ0n) is 8.82. The molecule has 1 amide bonds. The van der Waals surface area contributed by atoms with Gasteiger partial charge in [0.25, 0.3) is 0 Å². The van der Waals surface area contributed by atoms with E-state index in [0.29, 0.717) is 12.8 Å². The second-order valence-corrected chi connectivity index (χ2v) is 4.19. The molecule has 0 heterocycles. The van der Waals surface area contributed by atoms with Crippen LogP contribution in [0.5, 0.6) is 0 Å². The second-order valence-electron chi connectivity index (χ2n) is 4.19. The Balaban J connectivity index is 1.80. The molecule has 0 atom stereocenters. The summed E-state index contributed by atoms with van der Waals surface area (Å²) in [6.07, 6.45) is 1.26. The van der Waals surface area contributed by atoms with Gasteiger partial charge in [-0.2, -0.15) is 0 Å². The van der Waals surface area contributed by atoms with E-state index in [4.69, 9.17) is 5.11 Å². The lowest BCUT2D eigenvalue weighted by molar-refractivity contribution is -0.122. The molecular weight excluding hydrogens is 209 g/mol. The van der Waals surface area contributed by atoms with Crippen LogP contribution >= 0.6 is 0 Å². The van der Waals surface area contributed by atoms with Crippen LogP contribution in [-0.4, -0.2) is 23.2 Å². The largest absolute Gasteiger partial charge is 0.393 e. The highest BCUT2D eigenvalue weighted by molar-refractivity contribution is 5.78. The lowest BCUT2D eigenvalue weighted by Crippen LogP contribution is -2.47. The van der Waals surface area contributed by atoms with Crippen molar-refractivity contribution >= 4 is 5.91 Å². The molecule has 1 aliphatic carbocycles. The maximum absolute atomic E-state index is 12.6. The predicted molar refractivity (Wildman–Crippen MR) is 57.3 cm³/mol. The van der Waals surface area contributed by atoms with Gasteiger partial charge in [-0.15, -0.1) is 0 Å². The molecule has 1 aromatic carbocycles. The highest BCUT2D eigenvalue weighted by Crippen LogP contribution is 2.19. The Morgan fingerprint density at radius 3 is 2.56 bits per heavy atom. The number of carbonyl (C=O) groups is 1. The minimum absolute atomic E-state index is 0.0801. The molecule has 2 N–H and O–H groups in total. The normalized spacial score (nSPS) is 23.6. The fourth-order valence-electron chi connectivity index (χ4n) is 1.77. The summed E-state index contributed by atoms with van der Waals surface area (Å²) >= 11 is 0. The van der Waals surface area contributed by atoms with Crippen molar-refractivity contribution in [3.8, 4) is 0 Å². The Morgan fingerprint density at radius 2 is 2.00 bits per heavy atom. The summed E-state index contributed by atoms with van der Waals surface area (Å²) in [5, 5.41) is 11.9. The minimum atomic E-state index is -0.300.